The van der Waals surface area contributed by atoms with E-state index in [-0.39, 0.29) is 0 Å². The van der Waals surface area contributed by atoms with E-state index >= 15 is 0 Å². The van der Waals surface area contributed by atoms with Crippen LogP contribution in [0.5, 0.6) is 5.75 Å². The van der Waals surface area contributed by atoms with E-state index in [2.05, 4.69) is 17.9 Å². The third-order valence-corrected chi connectivity index (χ3v) is 4.16. The monoisotopic (exact) mass is 262 g/mol. The quantitative estimate of drug-likeness (QED) is 0.841. The zero-order chi connectivity index (χ0) is 13.8. The molecule has 2 rings (SSSR count). The van der Waals surface area contributed by atoms with Gasteiger partial charge in [-0.2, -0.15) is 0 Å². The largest absolute Gasteiger partial charge is 0.488 e. The van der Waals surface area contributed by atoms with Gasteiger partial charge in [-0.25, -0.2) is 0 Å². The van der Waals surface area contributed by atoms with Gasteiger partial charge in [0.25, 0.3) is 0 Å². The van der Waals surface area contributed by atoms with Crippen molar-refractivity contribution in [2.45, 2.75) is 45.1 Å². The molecule has 1 fully saturated rings. The highest BCUT2D eigenvalue weighted by Crippen LogP contribution is 2.34. The van der Waals surface area contributed by atoms with Crippen molar-refractivity contribution in [2.75, 3.05) is 24.7 Å². The summed E-state index contributed by atoms with van der Waals surface area (Å²) in [6.07, 6.45) is 6.58. The minimum atomic E-state index is 0.332. The molecule has 106 valence electrons. The number of nitrogens with zero attached hydrogens (tertiary/aromatic N) is 1. The third-order valence-electron chi connectivity index (χ3n) is 4.16. The fraction of sp³-hybridized carbons (Fsp3) is 0.625. The molecule has 0 amide bonds. The van der Waals surface area contributed by atoms with Gasteiger partial charge in [0, 0.05) is 25.8 Å². The lowest BCUT2D eigenvalue weighted by Gasteiger charge is -2.31. The van der Waals surface area contributed by atoms with Gasteiger partial charge in [-0.05, 0) is 43.7 Å². The molecule has 0 aliphatic heterocycles. The van der Waals surface area contributed by atoms with E-state index in [4.69, 9.17) is 10.5 Å². The SMILES string of the molecule is CCC1CCCCC1Oc1cc(N(C)C)ccc1N. The number of anilines is 2. The van der Waals surface area contributed by atoms with Crippen LogP contribution in [0.2, 0.25) is 0 Å². The number of hydrogen-bond donors (Lipinski definition) is 1. The van der Waals surface area contributed by atoms with Gasteiger partial charge >= 0.3 is 0 Å². The second-order valence-electron chi connectivity index (χ2n) is 5.73. The van der Waals surface area contributed by atoms with Crippen molar-refractivity contribution in [1.82, 2.24) is 0 Å². The molecular weight excluding hydrogens is 236 g/mol. The topological polar surface area (TPSA) is 38.5 Å². The fourth-order valence-corrected chi connectivity index (χ4v) is 2.86. The van der Waals surface area contributed by atoms with Gasteiger partial charge in [0.05, 0.1) is 5.69 Å². The van der Waals surface area contributed by atoms with Crippen LogP contribution in [0.15, 0.2) is 18.2 Å². The summed E-state index contributed by atoms with van der Waals surface area (Å²) in [5.41, 5.74) is 7.92. The predicted molar refractivity (Wildman–Crippen MR) is 81.8 cm³/mol. The first-order valence-corrected chi connectivity index (χ1v) is 7.35. The first-order chi connectivity index (χ1) is 9.11. The highest BCUT2D eigenvalue weighted by atomic mass is 16.5. The molecule has 1 saturated carbocycles. The highest BCUT2D eigenvalue weighted by molar-refractivity contribution is 5.62. The average molecular weight is 262 g/mol. The van der Waals surface area contributed by atoms with E-state index in [1.807, 2.05) is 26.2 Å². The van der Waals surface area contributed by atoms with Crippen molar-refractivity contribution in [3.63, 3.8) is 0 Å². The summed E-state index contributed by atoms with van der Waals surface area (Å²) >= 11 is 0. The Morgan fingerprint density at radius 3 is 2.68 bits per heavy atom. The number of benzene rings is 1. The maximum atomic E-state index is 6.23. The Kier molecular flexibility index (Phi) is 4.56. The van der Waals surface area contributed by atoms with Gasteiger partial charge in [-0.15, -0.1) is 0 Å². The van der Waals surface area contributed by atoms with Crippen LogP contribution < -0.4 is 15.4 Å². The first-order valence-electron chi connectivity index (χ1n) is 7.35. The zero-order valence-electron chi connectivity index (χ0n) is 12.4. The molecular formula is C16H26N2O. The van der Waals surface area contributed by atoms with Crippen LogP contribution in [0.25, 0.3) is 0 Å². The Balaban J connectivity index is 2.14. The van der Waals surface area contributed by atoms with Crippen LogP contribution in [0.1, 0.15) is 39.0 Å². The van der Waals surface area contributed by atoms with Gasteiger partial charge in [0.15, 0.2) is 0 Å². The molecule has 0 bridgehead atoms. The molecule has 1 aromatic rings. The Bertz CT molecular complexity index is 417. The molecule has 1 aliphatic carbocycles. The molecule has 0 saturated heterocycles. The van der Waals surface area contributed by atoms with Crippen molar-refractivity contribution in [2.24, 2.45) is 5.92 Å². The minimum Gasteiger partial charge on any atom is -0.488 e. The van der Waals surface area contributed by atoms with Gasteiger partial charge in [0.2, 0.25) is 0 Å². The molecule has 19 heavy (non-hydrogen) atoms. The van der Waals surface area contributed by atoms with Gasteiger partial charge in [-0.3, -0.25) is 0 Å². The first kappa shape index (κ1) is 14.0. The number of nitrogens with two attached hydrogens (primary N) is 1. The molecule has 2 atom stereocenters. The van der Waals surface area contributed by atoms with Gasteiger partial charge in [0.1, 0.15) is 11.9 Å². The number of rotatable bonds is 4. The summed E-state index contributed by atoms with van der Waals surface area (Å²) in [5, 5.41) is 0. The van der Waals surface area contributed by atoms with Crippen molar-refractivity contribution in [3.8, 4) is 5.75 Å². The molecule has 3 nitrogen and oxygen atoms in total. The van der Waals surface area contributed by atoms with E-state index in [1.54, 1.807) is 0 Å². The van der Waals surface area contributed by atoms with E-state index < -0.39 is 0 Å². The summed E-state index contributed by atoms with van der Waals surface area (Å²) in [4.78, 5) is 2.07. The second-order valence-corrected chi connectivity index (χ2v) is 5.73. The molecule has 2 unspecified atom stereocenters. The fourth-order valence-electron chi connectivity index (χ4n) is 2.86. The molecule has 1 aromatic carbocycles. The molecule has 0 heterocycles. The van der Waals surface area contributed by atoms with Crippen LogP contribution in [-0.2, 0) is 0 Å². The van der Waals surface area contributed by atoms with E-state index in [0.29, 0.717) is 12.0 Å². The van der Waals surface area contributed by atoms with Crippen molar-refractivity contribution in [3.05, 3.63) is 18.2 Å². The van der Waals surface area contributed by atoms with Crippen LogP contribution in [0, 0.1) is 5.92 Å². The lowest BCUT2D eigenvalue weighted by molar-refractivity contribution is 0.0911. The summed E-state index contributed by atoms with van der Waals surface area (Å²) < 4.78 is 6.23. The standard InChI is InChI=1S/C16H26N2O/c1-4-12-7-5-6-8-15(12)19-16-11-13(18(2)3)9-10-14(16)17/h9-12,15H,4-8,17H2,1-3H3. The van der Waals surface area contributed by atoms with Crippen molar-refractivity contribution < 1.29 is 4.74 Å². The maximum Gasteiger partial charge on any atom is 0.144 e. The Labute approximate surface area is 116 Å². The normalized spacial score (nSPS) is 23.1. The summed E-state index contributed by atoms with van der Waals surface area (Å²) in [7, 11) is 4.06. The lowest BCUT2D eigenvalue weighted by atomic mass is 9.85. The van der Waals surface area contributed by atoms with Crippen LogP contribution in [0.4, 0.5) is 11.4 Å². The number of hydrogen-bond acceptors (Lipinski definition) is 3. The highest BCUT2D eigenvalue weighted by Gasteiger charge is 2.25. The van der Waals surface area contributed by atoms with E-state index in [9.17, 15) is 0 Å². The molecule has 0 radical (unpaired) electrons. The van der Waals surface area contributed by atoms with Crippen LogP contribution in [0.3, 0.4) is 0 Å². The Morgan fingerprint density at radius 1 is 1.26 bits per heavy atom. The molecule has 0 spiro atoms. The summed E-state index contributed by atoms with van der Waals surface area (Å²) in [6, 6.07) is 6.02. The third kappa shape index (κ3) is 3.34. The second kappa shape index (κ2) is 6.18. The van der Waals surface area contributed by atoms with Crippen molar-refractivity contribution in [1.29, 1.82) is 0 Å². The van der Waals surface area contributed by atoms with Crippen LogP contribution in [-0.4, -0.2) is 20.2 Å². The molecule has 2 N–H and O–H groups in total. The minimum absolute atomic E-state index is 0.332. The zero-order valence-corrected chi connectivity index (χ0v) is 12.4. The molecule has 1 aliphatic rings. The Morgan fingerprint density at radius 2 is 2.00 bits per heavy atom. The van der Waals surface area contributed by atoms with E-state index in [0.717, 1.165) is 23.5 Å². The van der Waals surface area contributed by atoms with Crippen molar-refractivity contribution >= 4 is 11.4 Å². The van der Waals surface area contributed by atoms with Crippen LogP contribution >= 0.6 is 0 Å². The summed E-state index contributed by atoms with van der Waals surface area (Å²) in [6.45, 7) is 2.26. The predicted octanol–water partition coefficient (Wildman–Crippen LogP) is 3.68. The maximum absolute atomic E-state index is 6.23. The number of nitrogen functional groups attached to an aromatic ring is 1. The molecule has 3 heteroatoms. The van der Waals surface area contributed by atoms with Gasteiger partial charge < -0.3 is 15.4 Å². The average Bonchev–Trinajstić information content (AvgIpc) is 2.41. The Hall–Kier alpha value is -1.38. The smallest absolute Gasteiger partial charge is 0.144 e. The van der Waals surface area contributed by atoms with E-state index in [1.165, 1.54) is 25.7 Å². The van der Waals surface area contributed by atoms with Gasteiger partial charge in [-0.1, -0.05) is 13.3 Å². The summed E-state index contributed by atoms with van der Waals surface area (Å²) in [5.74, 6) is 1.52. The number of ether oxygens (including phenoxy) is 1. The molecule has 0 aromatic heterocycles. The lowest BCUT2D eigenvalue weighted by Crippen LogP contribution is -2.30.